The average molecular weight is 325 g/mol. The SMILES string of the molecule is CC(C)C[C@H](N)C(=O)Nc1cccc(SC(F)F)c1.Cl. The van der Waals surface area contributed by atoms with E-state index in [2.05, 4.69) is 5.32 Å². The maximum atomic E-state index is 12.2. The molecule has 0 spiro atoms. The zero-order chi connectivity index (χ0) is 14.4. The minimum atomic E-state index is -2.48. The summed E-state index contributed by atoms with van der Waals surface area (Å²) in [6.07, 6.45) is 0.581. The van der Waals surface area contributed by atoms with Gasteiger partial charge in [-0.1, -0.05) is 31.7 Å². The summed E-state index contributed by atoms with van der Waals surface area (Å²) in [4.78, 5) is 12.2. The maximum Gasteiger partial charge on any atom is 0.288 e. The highest BCUT2D eigenvalue weighted by Crippen LogP contribution is 2.27. The third kappa shape index (κ3) is 7.07. The molecular weight excluding hydrogens is 306 g/mol. The summed E-state index contributed by atoms with van der Waals surface area (Å²) in [6, 6.07) is 5.76. The summed E-state index contributed by atoms with van der Waals surface area (Å²) in [6.45, 7) is 3.96. The van der Waals surface area contributed by atoms with E-state index in [1.54, 1.807) is 18.2 Å². The number of nitrogens with two attached hydrogens (primary N) is 1. The number of rotatable bonds is 6. The van der Waals surface area contributed by atoms with Crippen molar-refractivity contribution in [2.75, 3.05) is 5.32 Å². The Morgan fingerprint density at radius 3 is 2.60 bits per heavy atom. The maximum absolute atomic E-state index is 12.2. The van der Waals surface area contributed by atoms with Crippen molar-refractivity contribution in [3.63, 3.8) is 0 Å². The molecule has 0 aliphatic heterocycles. The van der Waals surface area contributed by atoms with E-state index in [0.717, 1.165) is 0 Å². The molecule has 3 N–H and O–H groups in total. The molecule has 1 aromatic carbocycles. The van der Waals surface area contributed by atoms with E-state index in [1.165, 1.54) is 6.07 Å². The second-order valence-electron chi connectivity index (χ2n) is 4.63. The van der Waals surface area contributed by atoms with E-state index < -0.39 is 11.8 Å². The van der Waals surface area contributed by atoms with Gasteiger partial charge in [-0.15, -0.1) is 12.4 Å². The first kappa shape index (κ1) is 19.1. The van der Waals surface area contributed by atoms with Crippen LogP contribution < -0.4 is 11.1 Å². The van der Waals surface area contributed by atoms with Gasteiger partial charge in [-0.25, -0.2) is 0 Å². The molecule has 0 bridgehead atoms. The Bertz CT molecular complexity index is 433. The minimum absolute atomic E-state index is 0. The molecule has 0 heterocycles. The topological polar surface area (TPSA) is 55.1 Å². The molecule has 20 heavy (non-hydrogen) atoms. The van der Waals surface area contributed by atoms with Crippen molar-refractivity contribution < 1.29 is 13.6 Å². The fourth-order valence-corrected chi connectivity index (χ4v) is 2.16. The molecule has 114 valence electrons. The molecule has 0 aliphatic carbocycles. The van der Waals surface area contributed by atoms with Crippen molar-refractivity contribution in [1.29, 1.82) is 0 Å². The Morgan fingerprint density at radius 2 is 2.05 bits per heavy atom. The number of carbonyl (C=O) groups excluding carboxylic acids is 1. The van der Waals surface area contributed by atoms with E-state index in [0.29, 0.717) is 34.7 Å². The first-order valence-corrected chi connectivity index (χ1v) is 6.87. The summed E-state index contributed by atoms with van der Waals surface area (Å²) in [5.41, 5.74) is 6.23. The Kier molecular flexibility index (Phi) is 8.76. The van der Waals surface area contributed by atoms with Crippen LogP contribution in [0.25, 0.3) is 0 Å². The van der Waals surface area contributed by atoms with Crippen LogP contribution in [0.5, 0.6) is 0 Å². The van der Waals surface area contributed by atoms with Crippen molar-refractivity contribution in [3.05, 3.63) is 24.3 Å². The van der Waals surface area contributed by atoms with E-state index in [4.69, 9.17) is 5.73 Å². The van der Waals surface area contributed by atoms with Crippen molar-refractivity contribution in [2.24, 2.45) is 11.7 Å². The first-order valence-electron chi connectivity index (χ1n) is 5.99. The quantitative estimate of drug-likeness (QED) is 0.784. The van der Waals surface area contributed by atoms with Crippen LogP contribution in [0.3, 0.4) is 0 Å². The highest BCUT2D eigenvalue weighted by atomic mass is 35.5. The predicted molar refractivity (Wildman–Crippen MR) is 81.6 cm³/mol. The fourth-order valence-electron chi connectivity index (χ4n) is 1.60. The summed E-state index contributed by atoms with van der Waals surface area (Å²) in [5, 5.41) is 2.64. The Balaban J connectivity index is 0.00000361. The van der Waals surface area contributed by atoms with Crippen LogP contribution in [-0.2, 0) is 4.79 Å². The molecule has 1 amide bonds. The number of benzene rings is 1. The molecular formula is C13H19ClF2N2OS. The van der Waals surface area contributed by atoms with Crippen LogP contribution in [0, 0.1) is 5.92 Å². The van der Waals surface area contributed by atoms with E-state index in [-0.39, 0.29) is 18.3 Å². The van der Waals surface area contributed by atoms with Crippen LogP contribution in [0.15, 0.2) is 29.2 Å². The molecule has 3 nitrogen and oxygen atoms in total. The third-order valence-corrected chi connectivity index (χ3v) is 3.09. The molecule has 1 rings (SSSR count). The Morgan fingerprint density at radius 1 is 1.40 bits per heavy atom. The van der Waals surface area contributed by atoms with Gasteiger partial charge in [0, 0.05) is 10.6 Å². The van der Waals surface area contributed by atoms with E-state index in [9.17, 15) is 13.6 Å². The largest absolute Gasteiger partial charge is 0.325 e. The second kappa shape index (κ2) is 9.15. The van der Waals surface area contributed by atoms with Gasteiger partial charge in [-0.2, -0.15) is 8.78 Å². The molecule has 0 aromatic heterocycles. The van der Waals surface area contributed by atoms with Crippen molar-refractivity contribution in [3.8, 4) is 0 Å². The molecule has 0 radical (unpaired) electrons. The third-order valence-electron chi connectivity index (χ3n) is 2.39. The number of carbonyl (C=O) groups is 1. The van der Waals surface area contributed by atoms with Crippen LogP contribution in [0.2, 0.25) is 0 Å². The number of nitrogens with one attached hydrogen (secondary N) is 1. The van der Waals surface area contributed by atoms with Crippen molar-refractivity contribution in [1.82, 2.24) is 0 Å². The van der Waals surface area contributed by atoms with Crippen molar-refractivity contribution >= 4 is 35.8 Å². The van der Waals surface area contributed by atoms with Crippen LogP contribution in [0.1, 0.15) is 20.3 Å². The van der Waals surface area contributed by atoms with Crippen LogP contribution in [-0.4, -0.2) is 17.7 Å². The number of hydrogen-bond donors (Lipinski definition) is 2. The number of halogens is 3. The molecule has 7 heteroatoms. The lowest BCUT2D eigenvalue weighted by molar-refractivity contribution is -0.117. The smallest absolute Gasteiger partial charge is 0.288 e. The highest BCUT2D eigenvalue weighted by molar-refractivity contribution is 7.99. The molecule has 0 unspecified atom stereocenters. The van der Waals surface area contributed by atoms with Gasteiger partial charge in [0.25, 0.3) is 5.76 Å². The number of alkyl halides is 2. The number of amides is 1. The van der Waals surface area contributed by atoms with Gasteiger partial charge in [0.1, 0.15) is 0 Å². The summed E-state index contributed by atoms with van der Waals surface area (Å²) >= 11 is 0.443. The van der Waals surface area contributed by atoms with E-state index >= 15 is 0 Å². The van der Waals surface area contributed by atoms with Gasteiger partial charge in [0.05, 0.1) is 6.04 Å². The summed E-state index contributed by atoms with van der Waals surface area (Å²) < 4.78 is 24.5. The fraction of sp³-hybridized carbons (Fsp3) is 0.462. The number of anilines is 1. The van der Waals surface area contributed by atoms with Gasteiger partial charge in [0.2, 0.25) is 5.91 Å². The molecule has 0 saturated carbocycles. The minimum Gasteiger partial charge on any atom is -0.325 e. The average Bonchev–Trinajstić information content (AvgIpc) is 2.27. The van der Waals surface area contributed by atoms with Crippen molar-refractivity contribution in [2.45, 2.75) is 37.0 Å². The molecule has 0 fully saturated rings. The second-order valence-corrected chi connectivity index (χ2v) is 5.70. The van der Waals surface area contributed by atoms with Gasteiger partial charge in [0.15, 0.2) is 0 Å². The molecule has 0 saturated heterocycles. The predicted octanol–water partition coefficient (Wildman–Crippen LogP) is 3.74. The van der Waals surface area contributed by atoms with Gasteiger partial charge in [-0.3, -0.25) is 4.79 Å². The lowest BCUT2D eigenvalue weighted by atomic mass is 10.0. The van der Waals surface area contributed by atoms with Crippen LogP contribution >= 0.6 is 24.2 Å². The molecule has 1 atom stereocenters. The van der Waals surface area contributed by atoms with Gasteiger partial charge < -0.3 is 11.1 Å². The lowest BCUT2D eigenvalue weighted by Crippen LogP contribution is -2.36. The highest BCUT2D eigenvalue weighted by Gasteiger charge is 2.15. The molecule has 0 aliphatic rings. The molecule has 1 aromatic rings. The van der Waals surface area contributed by atoms with Gasteiger partial charge in [-0.05, 0) is 30.5 Å². The normalized spacial score (nSPS) is 12.2. The lowest BCUT2D eigenvalue weighted by Gasteiger charge is -2.14. The Labute approximate surface area is 128 Å². The monoisotopic (exact) mass is 324 g/mol. The first-order chi connectivity index (χ1) is 8.88. The number of thioether (sulfide) groups is 1. The Hall–Kier alpha value is -0.850. The van der Waals surface area contributed by atoms with Crippen LogP contribution in [0.4, 0.5) is 14.5 Å². The zero-order valence-corrected chi connectivity index (χ0v) is 12.9. The number of hydrogen-bond acceptors (Lipinski definition) is 3. The zero-order valence-electron chi connectivity index (χ0n) is 11.3. The summed E-state index contributed by atoms with van der Waals surface area (Å²) in [5.74, 6) is -2.46. The van der Waals surface area contributed by atoms with E-state index in [1.807, 2.05) is 13.8 Å². The standard InChI is InChI=1S/C13H18F2N2OS.ClH/c1-8(2)6-11(16)12(18)17-9-4-3-5-10(7-9)19-13(14)15;/h3-5,7-8,11,13H,6,16H2,1-2H3,(H,17,18);1H/t11-;/m0./s1. The van der Waals surface area contributed by atoms with Gasteiger partial charge >= 0.3 is 0 Å². The summed E-state index contributed by atoms with van der Waals surface area (Å²) in [7, 11) is 0.